The van der Waals surface area contributed by atoms with Crippen molar-refractivity contribution in [3.8, 4) is 0 Å². The first kappa shape index (κ1) is 27.9. The van der Waals surface area contributed by atoms with E-state index in [4.69, 9.17) is 0 Å². The summed E-state index contributed by atoms with van der Waals surface area (Å²) in [7, 11) is -4.07. The largest absolute Gasteiger partial charge is 0.355 e. The van der Waals surface area contributed by atoms with Crippen LogP contribution in [-0.4, -0.2) is 44.3 Å². The molecule has 1 atom stereocenters. The second kappa shape index (κ2) is 12.1. The molecule has 1 N–H and O–H groups in total. The van der Waals surface area contributed by atoms with Crippen molar-refractivity contribution in [3.63, 3.8) is 0 Å². The minimum atomic E-state index is -4.07. The molecule has 0 aliphatic heterocycles. The quantitative estimate of drug-likeness (QED) is 0.430. The number of sulfonamides is 1. The molecule has 0 aliphatic rings. The number of aryl methyl sites for hydroxylation is 3. The molecule has 8 heteroatoms. The Balaban J connectivity index is 2.07. The highest BCUT2D eigenvalue weighted by molar-refractivity contribution is 7.92. The molecule has 0 aromatic heterocycles. The molecular formula is C29H35N3O4S. The Hall–Kier alpha value is -3.65. The van der Waals surface area contributed by atoms with Gasteiger partial charge in [-0.3, -0.25) is 13.9 Å². The first-order valence-electron chi connectivity index (χ1n) is 12.3. The molecule has 7 nitrogen and oxygen atoms in total. The molecule has 196 valence electrons. The van der Waals surface area contributed by atoms with E-state index in [9.17, 15) is 18.0 Å². The van der Waals surface area contributed by atoms with Crippen LogP contribution >= 0.6 is 0 Å². The lowest BCUT2D eigenvalue weighted by Crippen LogP contribution is -2.51. The molecule has 2 amide bonds. The van der Waals surface area contributed by atoms with Crippen LogP contribution in [0.25, 0.3) is 0 Å². The number of hydrogen-bond donors (Lipinski definition) is 1. The maximum Gasteiger partial charge on any atom is 0.264 e. The van der Waals surface area contributed by atoms with Gasteiger partial charge in [0.15, 0.2) is 0 Å². The van der Waals surface area contributed by atoms with Crippen molar-refractivity contribution in [1.82, 2.24) is 10.2 Å². The zero-order chi connectivity index (χ0) is 27.2. The van der Waals surface area contributed by atoms with Gasteiger partial charge in [0.2, 0.25) is 11.8 Å². The zero-order valence-corrected chi connectivity index (χ0v) is 22.9. The third-order valence-corrected chi connectivity index (χ3v) is 8.13. The van der Waals surface area contributed by atoms with Crippen LogP contribution in [0.1, 0.15) is 36.1 Å². The summed E-state index contributed by atoms with van der Waals surface area (Å²) >= 11 is 0. The van der Waals surface area contributed by atoms with E-state index in [1.54, 1.807) is 31.2 Å². The summed E-state index contributed by atoms with van der Waals surface area (Å²) in [6, 6.07) is 20.3. The van der Waals surface area contributed by atoms with Crippen LogP contribution in [0, 0.1) is 20.8 Å². The van der Waals surface area contributed by atoms with Gasteiger partial charge in [-0.1, -0.05) is 60.2 Å². The predicted octanol–water partition coefficient (Wildman–Crippen LogP) is 4.36. The average Bonchev–Trinajstić information content (AvgIpc) is 2.87. The van der Waals surface area contributed by atoms with Crippen LogP contribution in [0.4, 0.5) is 5.69 Å². The third-order valence-electron chi connectivity index (χ3n) is 6.35. The number of carbonyl (C=O) groups excluding carboxylic acids is 2. The van der Waals surface area contributed by atoms with E-state index in [2.05, 4.69) is 5.32 Å². The number of carbonyl (C=O) groups is 2. The van der Waals surface area contributed by atoms with Crippen molar-refractivity contribution in [2.45, 2.75) is 52.1 Å². The minimum absolute atomic E-state index is 0.0880. The second-order valence-corrected chi connectivity index (χ2v) is 11.0. The van der Waals surface area contributed by atoms with Gasteiger partial charge in [-0.25, -0.2) is 8.42 Å². The van der Waals surface area contributed by atoms with Crippen LogP contribution in [0.3, 0.4) is 0 Å². The van der Waals surface area contributed by atoms with E-state index in [1.807, 2.05) is 64.1 Å². The molecule has 0 bridgehead atoms. The summed E-state index contributed by atoms with van der Waals surface area (Å²) in [5.74, 6) is -0.769. The van der Waals surface area contributed by atoms with Gasteiger partial charge in [-0.15, -0.1) is 0 Å². The van der Waals surface area contributed by atoms with Gasteiger partial charge in [0, 0.05) is 13.1 Å². The molecule has 0 radical (unpaired) electrons. The summed E-state index contributed by atoms with van der Waals surface area (Å²) in [5.41, 5.74) is 4.00. The van der Waals surface area contributed by atoms with E-state index in [0.29, 0.717) is 12.2 Å². The molecule has 37 heavy (non-hydrogen) atoms. The predicted molar refractivity (Wildman–Crippen MR) is 147 cm³/mol. The van der Waals surface area contributed by atoms with E-state index >= 15 is 0 Å². The highest BCUT2D eigenvalue weighted by atomic mass is 32.2. The number of rotatable bonds is 10. The number of amides is 2. The van der Waals surface area contributed by atoms with Crippen LogP contribution < -0.4 is 9.62 Å². The summed E-state index contributed by atoms with van der Waals surface area (Å²) in [6.45, 7) is 9.31. The Bertz CT molecular complexity index is 1360. The Morgan fingerprint density at radius 2 is 1.54 bits per heavy atom. The summed E-state index contributed by atoms with van der Waals surface area (Å²) in [6.07, 6.45) is 0. The van der Waals surface area contributed by atoms with Crippen LogP contribution in [0.2, 0.25) is 0 Å². The number of likely N-dealkylation sites (N-methyl/N-ethyl adjacent to an activating group) is 1. The van der Waals surface area contributed by atoms with Crippen molar-refractivity contribution in [1.29, 1.82) is 0 Å². The van der Waals surface area contributed by atoms with Crippen LogP contribution in [0.5, 0.6) is 0 Å². The van der Waals surface area contributed by atoms with Crippen molar-refractivity contribution >= 4 is 27.5 Å². The van der Waals surface area contributed by atoms with Crippen molar-refractivity contribution < 1.29 is 18.0 Å². The van der Waals surface area contributed by atoms with E-state index in [-0.39, 0.29) is 17.3 Å². The Kier molecular flexibility index (Phi) is 9.10. The lowest BCUT2D eigenvalue weighted by atomic mass is 10.1. The fourth-order valence-corrected chi connectivity index (χ4v) is 5.69. The lowest BCUT2D eigenvalue weighted by molar-refractivity contribution is -0.139. The number of nitrogens with zero attached hydrogens (tertiary/aromatic N) is 2. The standard InChI is InChI=1S/C29H35N3O4S/c1-6-30-29(34)24(5)31(19-25-13-11-10-12-22(25)3)28(33)20-32(27-17-16-21(2)18-23(27)4)37(35,36)26-14-8-7-9-15-26/h7-18,24H,6,19-20H2,1-5H3,(H,30,34). The topological polar surface area (TPSA) is 86.8 Å². The Labute approximate surface area is 220 Å². The summed E-state index contributed by atoms with van der Waals surface area (Å²) < 4.78 is 28.8. The van der Waals surface area contributed by atoms with Crippen LogP contribution in [-0.2, 0) is 26.2 Å². The molecule has 0 heterocycles. The smallest absolute Gasteiger partial charge is 0.264 e. The minimum Gasteiger partial charge on any atom is -0.355 e. The van der Waals surface area contributed by atoms with Gasteiger partial charge in [-0.05, 0) is 69.5 Å². The SMILES string of the molecule is CCNC(=O)C(C)N(Cc1ccccc1C)C(=O)CN(c1ccc(C)cc1C)S(=O)(=O)c1ccccc1. The van der Waals surface area contributed by atoms with Gasteiger partial charge in [0.25, 0.3) is 10.0 Å². The van der Waals surface area contributed by atoms with E-state index in [0.717, 1.165) is 26.6 Å². The first-order valence-corrected chi connectivity index (χ1v) is 13.8. The van der Waals surface area contributed by atoms with Gasteiger partial charge < -0.3 is 10.2 Å². The molecule has 0 spiro atoms. The average molecular weight is 522 g/mol. The molecule has 0 saturated heterocycles. The van der Waals surface area contributed by atoms with Gasteiger partial charge in [0.1, 0.15) is 12.6 Å². The Morgan fingerprint density at radius 1 is 0.892 bits per heavy atom. The third kappa shape index (κ3) is 6.57. The number of nitrogens with one attached hydrogen (secondary N) is 1. The lowest BCUT2D eigenvalue weighted by Gasteiger charge is -2.32. The maximum absolute atomic E-state index is 13.9. The molecule has 3 aromatic carbocycles. The first-order chi connectivity index (χ1) is 17.6. The molecule has 3 aromatic rings. The normalized spacial score (nSPS) is 12.0. The zero-order valence-electron chi connectivity index (χ0n) is 22.1. The van der Waals surface area contributed by atoms with Gasteiger partial charge in [0.05, 0.1) is 10.6 Å². The van der Waals surface area contributed by atoms with Gasteiger partial charge >= 0.3 is 0 Å². The number of hydrogen-bond acceptors (Lipinski definition) is 4. The second-order valence-electron chi connectivity index (χ2n) is 9.13. The molecule has 0 saturated carbocycles. The molecular weight excluding hydrogens is 486 g/mol. The Morgan fingerprint density at radius 3 is 2.16 bits per heavy atom. The van der Waals surface area contributed by atoms with Crippen molar-refractivity contribution in [2.24, 2.45) is 0 Å². The highest BCUT2D eigenvalue weighted by Crippen LogP contribution is 2.28. The monoisotopic (exact) mass is 521 g/mol. The number of anilines is 1. The maximum atomic E-state index is 13.9. The van der Waals surface area contributed by atoms with Crippen molar-refractivity contribution in [3.05, 3.63) is 95.1 Å². The van der Waals surface area contributed by atoms with E-state index in [1.165, 1.54) is 17.0 Å². The highest BCUT2D eigenvalue weighted by Gasteiger charge is 2.33. The molecule has 0 aliphatic carbocycles. The van der Waals surface area contributed by atoms with Crippen molar-refractivity contribution in [2.75, 3.05) is 17.4 Å². The summed E-state index contributed by atoms with van der Waals surface area (Å²) in [4.78, 5) is 28.2. The fraction of sp³-hybridized carbons (Fsp3) is 0.310. The fourth-order valence-electron chi connectivity index (χ4n) is 4.19. The summed E-state index contributed by atoms with van der Waals surface area (Å²) in [5, 5.41) is 2.77. The molecule has 3 rings (SSSR count). The van der Waals surface area contributed by atoms with Crippen LogP contribution in [0.15, 0.2) is 77.7 Å². The molecule has 0 fully saturated rings. The van der Waals surface area contributed by atoms with E-state index < -0.39 is 28.5 Å². The molecule has 1 unspecified atom stereocenters. The number of benzene rings is 3. The van der Waals surface area contributed by atoms with Gasteiger partial charge in [-0.2, -0.15) is 0 Å².